The maximum atomic E-state index is 11.5. The Bertz CT molecular complexity index is 697. The Labute approximate surface area is 146 Å². The number of carbonyl (C=O) groups excluding carboxylic acids is 1. The molecule has 1 fully saturated rings. The first-order valence-electron chi connectivity index (χ1n) is 8.48. The highest BCUT2D eigenvalue weighted by molar-refractivity contribution is 5.97. The van der Waals surface area contributed by atoms with E-state index in [4.69, 9.17) is 15.2 Å². The summed E-state index contributed by atoms with van der Waals surface area (Å²) in [6.07, 6.45) is 2.02. The van der Waals surface area contributed by atoms with Gasteiger partial charge in [0, 0.05) is 18.7 Å². The molecule has 134 valence electrons. The maximum absolute atomic E-state index is 11.5. The number of benzene rings is 1. The first-order valence-corrected chi connectivity index (χ1v) is 8.48. The molecule has 1 aromatic heterocycles. The molecule has 1 aliphatic rings. The summed E-state index contributed by atoms with van der Waals surface area (Å²) in [4.78, 5) is 13.9. The Hall–Kier alpha value is -2.45. The number of hydrogen-bond donors (Lipinski definition) is 2. The highest BCUT2D eigenvalue weighted by Crippen LogP contribution is 2.29. The van der Waals surface area contributed by atoms with Crippen LogP contribution in [0.5, 0.6) is 5.75 Å². The third-order valence-electron chi connectivity index (χ3n) is 4.15. The predicted molar refractivity (Wildman–Crippen MR) is 92.3 cm³/mol. The van der Waals surface area contributed by atoms with Crippen LogP contribution in [0, 0.1) is 0 Å². The van der Waals surface area contributed by atoms with Gasteiger partial charge in [0.25, 0.3) is 5.91 Å². The lowest BCUT2D eigenvalue weighted by Crippen LogP contribution is -2.36. The van der Waals surface area contributed by atoms with E-state index < -0.39 is 5.91 Å². The minimum Gasteiger partial charge on any atom is -0.493 e. The maximum Gasteiger partial charge on any atom is 0.271 e. The van der Waals surface area contributed by atoms with Crippen molar-refractivity contribution < 1.29 is 14.3 Å². The standard InChI is InChI=1S/C17H23N5O3/c18-17(23)16-15(19-21-20-16)13-5-1-2-6-14(13)25-10-4-3-7-22-8-11-24-12-9-22/h1-2,5-6H,3-4,7-12H2,(H2,18,23)(H,19,20,21). The highest BCUT2D eigenvalue weighted by Gasteiger charge is 2.18. The average Bonchev–Trinajstić information content (AvgIpc) is 3.12. The van der Waals surface area contributed by atoms with E-state index in [1.807, 2.05) is 24.3 Å². The molecule has 8 nitrogen and oxygen atoms in total. The van der Waals surface area contributed by atoms with Crippen molar-refractivity contribution in [2.45, 2.75) is 12.8 Å². The summed E-state index contributed by atoms with van der Waals surface area (Å²) < 4.78 is 11.3. The summed E-state index contributed by atoms with van der Waals surface area (Å²) in [5, 5.41) is 10.3. The number of ether oxygens (including phenoxy) is 2. The molecule has 3 rings (SSSR count). The third kappa shape index (κ3) is 4.55. The van der Waals surface area contributed by atoms with Gasteiger partial charge in [-0.2, -0.15) is 15.4 Å². The third-order valence-corrected chi connectivity index (χ3v) is 4.15. The van der Waals surface area contributed by atoms with Gasteiger partial charge in [0.2, 0.25) is 0 Å². The molecule has 1 saturated heterocycles. The highest BCUT2D eigenvalue weighted by atomic mass is 16.5. The van der Waals surface area contributed by atoms with Crippen LogP contribution in [0.25, 0.3) is 11.3 Å². The number of amides is 1. The zero-order valence-electron chi connectivity index (χ0n) is 14.1. The van der Waals surface area contributed by atoms with Crippen LogP contribution in [-0.2, 0) is 4.74 Å². The summed E-state index contributed by atoms with van der Waals surface area (Å²) in [7, 11) is 0. The number of H-pyrrole nitrogens is 1. The van der Waals surface area contributed by atoms with Crippen molar-refractivity contribution in [3.05, 3.63) is 30.0 Å². The average molecular weight is 345 g/mol. The number of primary amides is 1. The van der Waals surface area contributed by atoms with Crippen molar-refractivity contribution in [1.29, 1.82) is 0 Å². The van der Waals surface area contributed by atoms with Crippen molar-refractivity contribution >= 4 is 5.91 Å². The minimum absolute atomic E-state index is 0.114. The largest absolute Gasteiger partial charge is 0.493 e. The topological polar surface area (TPSA) is 106 Å². The van der Waals surface area contributed by atoms with E-state index in [2.05, 4.69) is 20.3 Å². The van der Waals surface area contributed by atoms with Gasteiger partial charge in [-0.25, -0.2) is 0 Å². The van der Waals surface area contributed by atoms with Gasteiger partial charge in [-0.1, -0.05) is 12.1 Å². The Kier molecular flexibility index (Phi) is 5.97. The van der Waals surface area contributed by atoms with Gasteiger partial charge >= 0.3 is 0 Å². The van der Waals surface area contributed by atoms with Gasteiger partial charge in [-0.3, -0.25) is 9.69 Å². The molecular formula is C17H23N5O3. The first kappa shape index (κ1) is 17.4. The Morgan fingerprint density at radius 3 is 2.84 bits per heavy atom. The first-order chi connectivity index (χ1) is 12.3. The normalized spacial score (nSPS) is 15.2. The summed E-state index contributed by atoms with van der Waals surface area (Å²) in [5.41, 5.74) is 6.58. The van der Waals surface area contributed by atoms with Crippen molar-refractivity contribution in [3.8, 4) is 17.0 Å². The number of nitrogens with zero attached hydrogens (tertiary/aromatic N) is 3. The number of morpholine rings is 1. The molecule has 0 atom stereocenters. The monoisotopic (exact) mass is 345 g/mol. The zero-order chi connectivity index (χ0) is 17.5. The van der Waals surface area contributed by atoms with E-state index in [-0.39, 0.29) is 5.69 Å². The molecule has 25 heavy (non-hydrogen) atoms. The number of nitrogens with two attached hydrogens (primary N) is 1. The molecular weight excluding hydrogens is 322 g/mol. The summed E-state index contributed by atoms with van der Waals surface area (Å²) in [6.45, 7) is 5.32. The van der Waals surface area contributed by atoms with Crippen LogP contribution in [-0.4, -0.2) is 65.7 Å². The van der Waals surface area contributed by atoms with Crippen LogP contribution in [0.1, 0.15) is 23.3 Å². The molecule has 0 spiro atoms. The van der Waals surface area contributed by atoms with Crippen LogP contribution >= 0.6 is 0 Å². The number of aromatic amines is 1. The molecule has 8 heteroatoms. The second-order valence-electron chi connectivity index (χ2n) is 5.89. The Morgan fingerprint density at radius 2 is 2.04 bits per heavy atom. The van der Waals surface area contributed by atoms with Crippen LogP contribution in [0.4, 0.5) is 0 Å². The SMILES string of the molecule is NC(=O)c1n[nH]nc1-c1ccccc1OCCCCN1CCOCC1. The van der Waals surface area contributed by atoms with E-state index in [1.54, 1.807) is 0 Å². The van der Waals surface area contributed by atoms with Crippen molar-refractivity contribution in [1.82, 2.24) is 20.3 Å². The second-order valence-corrected chi connectivity index (χ2v) is 5.89. The molecule has 1 amide bonds. The lowest BCUT2D eigenvalue weighted by Gasteiger charge is -2.26. The van der Waals surface area contributed by atoms with Gasteiger partial charge < -0.3 is 15.2 Å². The number of unbranched alkanes of at least 4 members (excludes halogenated alkanes) is 1. The lowest BCUT2D eigenvalue weighted by molar-refractivity contribution is 0.0368. The van der Waals surface area contributed by atoms with Crippen molar-refractivity contribution in [2.24, 2.45) is 5.73 Å². The molecule has 1 aliphatic heterocycles. The van der Waals surface area contributed by atoms with E-state index >= 15 is 0 Å². The molecule has 3 N–H and O–H groups in total. The van der Waals surface area contributed by atoms with E-state index in [1.165, 1.54) is 0 Å². The number of rotatable bonds is 8. The van der Waals surface area contributed by atoms with Crippen molar-refractivity contribution in [3.63, 3.8) is 0 Å². The number of aromatic nitrogens is 3. The fourth-order valence-electron chi connectivity index (χ4n) is 2.82. The smallest absolute Gasteiger partial charge is 0.271 e. The number of para-hydroxylation sites is 1. The quantitative estimate of drug-likeness (QED) is 0.693. The second kappa shape index (κ2) is 8.59. The van der Waals surface area contributed by atoms with Crippen LogP contribution in [0.3, 0.4) is 0 Å². The van der Waals surface area contributed by atoms with E-state index in [0.717, 1.165) is 45.7 Å². The Morgan fingerprint density at radius 1 is 1.24 bits per heavy atom. The minimum atomic E-state index is -0.621. The molecule has 0 bridgehead atoms. The van der Waals surface area contributed by atoms with Crippen molar-refractivity contribution in [2.75, 3.05) is 39.5 Å². The number of hydrogen-bond acceptors (Lipinski definition) is 6. The van der Waals surface area contributed by atoms with Gasteiger partial charge in [0.15, 0.2) is 5.69 Å². The predicted octanol–water partition coefficient (Wildman–Crippen LogP) is 1.06. The van der Waals surface area contributed by atoms with Crippen LogP contribution in [0.15, 0.2) is 24.3 Å². The molecule has 2 aromatic rings. The molecule has 2 heterocycles. The lowest BCUT2D eigenvalue weighted by atomic mass is 10.1. The van der Waals surface area contributed by atoms with Gasteiger partial charge in [-0.15, -0.1) is 0 Å². The van der Waals surface area contributed by atoms with Crippen LogP contribution < -0.4 is 10.5 Å². The fraction of sp³-hybridized carbons (Fsp3) is 0.471. The number of nitrogens with one attached hydrogen (secondary N) is 1. The van der Waals surface area contributed by atoms with E-state index in [0.29, 0.717) is 23.6 Å². The summed E-state index contributed by atoms with van der Waals surface area (Å²) in [6, 6.07) is 7.45. The Balaban J connectivity index is 1.54. The fourth-order valence-corrected chi connectivity index (χ4v) is 2.82. The summed E-state index contributed by atoms with van der Waals surface area (Å²) >= 11 is 0. The van der Waals surface area contributed by atoms with Gasteiger partial charge in [-0.05, 0) is 31.5 Å². The number of carbonyl (C=O) groups is 1. The summed E-state index contributed by atoms with van der Waals surface area (Å²) in [5.74, 6) is 0.0503. The van der Waals surface area contributed by atoms with Gasteiger partial charge in [0.05, 0.1) is 19.8 Å². The van der Waals surface area contributed by atoms with E-state index in [9.17, 15) is 4.79 Å². The molecule has 0 saturated carbocycles. The van der Waals surface area contributed by atoms with Gasteiger partial charge in [0.1, 0.15) is 11.4 Å². The van der Waals surface area contributed by atoms with Crippen LogP contribution in [0.2, 0.25) is 0 Å². The molecule has 0 aliphatic carbocycles. The molecule has 0 unspecified atom stereocenters. The zero-order valence-corrected chi connectivity index (χ0v) is 14.1. The molecule has 0 radical (unpaired) electrons. The molecule has 1 aromatic carbocycles.